The van der Waals surface area contributed by atoms with Crippen LogP contribution in [0, 0.1) is 5.92 Å². The van der Waals surface area contributed by atoms with Crippen LogP contribution in [0.2, 0.25) is 0 Å². The summed E-state index contributed by atoms with van der Waals surface area (Å²) in [5.74, 6) is 1.24. The average Bonchev–Trinajstić information content (AvgIpc) is 2.48. The number of nitrogens with zero attached hydrogens (tertiary/aromatic N) is 2. The minimum absolute atomic E-state index is 0.0521. The lowest BCUT2D eigenvalue weighted by molar-refractivity contribution is -0.116. The Labute approximate surface area is 126 Å². The Morgan fingerprint density at radius 2 is 2.05 bits per heavy atom. The molecule has 0 saturated carbocycles. The molecule has 1 aliphatic rings. The molecule has 0 radical (unpaired) electrons. The maximum Gasteiger partial charge on any atom is 0.225 e. The van der Waals surface area contributed by atoms with Gasteiger partial charge >= 0.3 is 0 Å². The van der Waals surface area contributed by atoms with E-state index in [0.717, 1.165) is 24.6 Å². The van der Waals surface area contributed by atoms with Gasteiger partial charge in [0.1, 0.15) is 5.82 Å². The predicted molar refractivity (Wildman–Crippen MR) is 86.4 cm³/mol. The Bertz CT molecular complexity index is 452. The molecule has 0 spiro atoms. The molecule has 0 aliphatic carbocycles. The molecule has 1 aliphatic heterocycles. The van der Waals surface area contributed by atoms with Crippen molar-refractivity contribution in [3.8, 4) is 0 Å². The summed E-state index contributed by atoms with van der Waals surface area (Å²) in [5.41, 5.74) is 6.64. The van der Waals surface area contributed by atoms with Gasteiger partial charge in [-0.15, -0.1) is 0 Å². The quantitative estimate of drug-likeness (QED) is 0.873. The number of amides is 1. The van der Waals surface area contributed by atoms with Gasteiger partial charge in [-0.2, -0.15) is 0 Å². The zero-order valence-electron chi connectivity index (χ0n) is 13.0. The summed E-state index contributed by atoms with van der Waals surface area (Å²) < 4.78 is 0. The van der Waals surface area contributed by atoms with Crippen LogP contribution in [0.3, 0.4) is 0 Å². The highest BCUT2D eigenvalue weighted by molar-refractivity contribution is 5.91. The highest BCUT2D eigenvalue weighted by Gasteiger charge is 2.14. The van der Waals surface area contributed by atoms with E-state index in [1.165, 1.54) is 19.3 Å². The number of carbonyl (C=O) groups is 1. The molecule has 116 valence electrons. The molecule has 5 nitrogen and oxygen atoms in total. The maximum absolute atomic E-state index is 11.9. The summed E-state index contributed by atoms with van der Waals surface area (Å²) in [5, 5.41) is 2.86. The Morgan fingerprint density at radius 1 is 1.33 bits per heavy atom. The second-order valence-electron chi connectivity index (χ2n) is 6.11. The molecule has 5 heteroatoms. The molecule has 3 N–H and O–H groups in total. The van der Waals surface area contributed by atoms with E-state index in [1.807, 2.05) is 26.0 Å². The van der Waals surface area contributed by atoms with Gasteiger partial charge in [0.05, 0.1) is 11.9 Å². The van der Waals surface area contributed by atoms with Crippen LogP contribution in [0.1, 0.15) is 39.5 Å². The molecule has 1 unspecified atom stereocenters. The molecule has 1 atom stereocenters. The van der Waals surface area contributed by atoms with E-state index in [2.05, 4.69) is 15.2 Å². The van der Waals surface area contributed by atoms with Crippen LogP contribution in [0.15, 0.2) is 18.3 Å². The van der Waals surface area contributed by atoms with Crippen molar-refractivity contribution in [1.82, 2.24) is 4.98 Å². The lowest BCUT2D eigenvalue weighted by Crippen LogP contribution is -2.31. The summed E-state index contributed by atoms with van der Waals surface area (Å²) >= 11 is 0. The Kier molecular flexibility index (Phi) is 5.56. The number of piperidine rings is 1. The van der Waals surface area contributed by atoms with Crippen molar-refractivity contribution in [3.63, 3.8) is 0 Å². The first-order valence-electron chi connectivity index (χ1n) is 7.82. The minimum Gasteiger partial charge on any atom is -0.357 e. The van der Waals surface area contributed by atoms with Gasteiger partial charge in [0, 0.05) is 25.6 Å². The minimum atomic E-state index is -0.106. The molecule has 0 bridgehead atoms. The highest BCUT2D eigenvalue weighted by atomic mass is 16.1. The van der Waals surface area contributed by atoms with Crippen molar-refractivity contribution < 1.29 is 4.79 Å². The second-order valence-corrected chi connectivity index (χ2v) is 6.11. The summed E-state index contributed by atoms with van der Waals surface area (Å²) in [6.45, 7) is 6.18. The Balaban J connectivity index is 1.88. The zero-order chi connectivity index (χ0) is 15.2. The van der Waals surface area contributed by atoms with Crippen molar-refractivity contribution >= 4 is 17.4 Å². The molecule has 1 fully saturated rings. The van der Waals surface area contributed by atoms with Crippen molar-refractivity contribution in [2.24, 2.45) is 11.7 Å². The molecule has 1 amide bonds. The number of hydrogen-bond donors (Lipinski definition) is 2. The van der Waals surface area contributed by atoms with Crippen molar-refractivity contribution in [3.05, 3.63) is 18.3 Å². The van der Waals surface area contributed by atoms with E-state index in [4.69, 9.17) is 5.73 Å². The molecule has 2 rings (SSSR count). The standard InChI is InChI=1S/C16H26N4O/c1-12(2)14(17)10-16(21)19-13-6-7-15(18-11-13)20-8-4-3-5-9-20/h6-7,11-12,14H,3-5,8-10,17H2,1-2H3,(H,19,21). The van der Waals surface area contributed by atoms with E-state index in [9.17, 15) is 4.79 Å². The molecule has 2 heterocycles. The molecule has 0 aromatic carbocycles. The molecular formula is C16H26N4O. The lowest BCUT2D eigenvalue weighted by atomic mass is 10.0. The number of rotatable bonds is 5. The Hall–Kier alpha value is -1.62. The lowest BCUT2D eigenvalue weighted by Gasteiger charge is -2.27. The third kappa shape index (κ3) is 4.70. The average molecular weight is 290 g/mol. The van der Waals surface area contributed by atoms with E-state index in [0.29, 0.717) is 12.3 Å². The van der Waals surface area contributed by atoms with Crippen molar-refractivity contribution in [1.29, 1.82) is 0 Å². The van der Waals surface area contributed by atoms with E-state index < -0.39 is 0 Å². The summed E-state index contributed by atoms with van der Waals surface area (Å²) in [6.07, 6.45) is 5.83. The normalized spacial score (nSPS) is 16.9. The SMILES string of the molecule is CC(C)C(N)CC(=O)Nc1ccc(N2CCCCC2)nc1. The van der Waals surface area contributed by atoms with Gasteiger partial charge in [0.2, 0.25) is 5.91 Å². The first-order valence-corrected chi connectivity index (χ1v) is 7.82. The van der Waals surface area contributed by atoms with Gasteiger partial charge in [-0.3, -0.25) is 4.79 Å². The van der Waals surface area contributed by atoms with Crippen LogP contribution < -0.4 is 16.0 Å². The number of hydrogen-bond acceptors (Lipinski definition) is 4. The van der Waals surface area contributed by atoms with Crippen LogP contribution in [-0.4, -0.2) is 30.0 Å². The molecule has 1 aromatic heterocycles. The number of carbonyl (C=O) groups excluding carboxylic acids is 1. The number of pyridine rings is 1. The van der Waals surface area contributed by atoms with Crippen LogP contribution in [0.5, 0.6) is 0 Å². The van der Waals surface area contributed by atoms with E-state index in [-0.39, 0.29) is 11.9 Å². The summed E-state index contributed by atoms with van der Waals surface area (Å²) in [7, 11) is 0. The van der Waals surface area contributed by atoms with Crippen LogP contribution >= 0.6 is 0 Å². The topological polar surface area (TPSA) is 71.2 Å². The molecular weight excluding hydrogens is 264 g/mol. The number of anilines is 2. The second kappa shape index (κ2) is 7.41. The smallest absolute Gasteiger partial charge is 0.225 e. The summed E-state index contributed by atoms with van der Waals surface area (Å²) in [6, 6.07) is 3.78. The Morgan fingerprint density at radius 3 is 2.62 bits per heavy atom. The van der Waals surface area contributed by atoms with Gasteiger partial charge in [0.25, 0.3) is 0 Å². The van der Waals surface area contributed by atoms with Crippen LogP contribution in [-0.2, 0) is 4.79 Å². The van der Waals surface area contributed by atoms with Gasteiger partial charge in [0.15, 0.2) is 0 Å². The molecule has 1 saturated heterocycles. The van der Waals surface area contributed by atoms with E-state index in [1.54, 1.807) is 6.20 Å². The fourth-order valence-electron chi connectivity index (χ4n) is 2.43. The number of nitrogens with two attached hydrogens (primary N) is 1. The molecule has 1 aromatic rings. The van der Waals surface area contributed by atoms with Gasteiger partial charge < -0.3 is 16.0 Å². The number of nitrogens with one attached hydrogen (secondary N) is 1. The highest BCUT2D eigenvalue weighted by Crippen LogP contribution is 2.19. The first-order chi connectivity index (χ1) is 10.1. The monoisotopic (exact) mass is 290 g/mol. The fraction of sp³-hybridized carbons (Fsp3) is 0.625. The fourth-order valence-corrected chi connectivity index (χ4v) is 2.43. The maximum atomic E-state index is 11.9. The predicted octanol–water partition coefficient (Wildman–Crippen LogP) is 2.38. The number of aromatic nitrogens is 1. The van der Waals surface area contributed by atoms with E-state index >= 15 is 0 Å². The van der Waals surface area contributed by atoms with Crippen molar-refractivity contribution in [2.75, 3.05) is 23.3 Å². The van der Waals surface area contributed by atoms with Crippen LogP contribution in [0.25, 0.3) is 0 Å². The van der Waals surface area contributed by atoms with Crippen molar-refractivity contribution in [2.45, 2.75) is 45.6 Å². The van der Waals surface area contributed by atoms with Gasteiger partial charge in [-0.05, 0) is 37.3 Å². The first kappa shape index (κ1) is 15.8. The molecule has 21 heavy (non-hydrogen) atoms. The third-order valence-electron chi connectivity index (χ3n) is 3.99. The third-order valence-corrected chi connectivity index (χ3v) is 3.99. The summed E-state index contributed by atoms with van der Waals surface area (Å²) in [4.78, 5) is 18.6. The largest absolute Gasteiger partial charge is 0.357 e. The van der Waals surface area contributed by atoms with Gasteiger partial charge in [-0.1, -0.05) is 13.8 Å². The zero-order valence-corrected chi connectivity index (χ0v) is 13.0. The van der Waals surface area contributed by atoms with Crippen LogP contribution in [0.4, 0.5) is 11.5 Å². The van der Waals surface area contributed by atoms with Gasteiger partial charge in [-0.25, -0.2) is 4.98 Å².